The van der Waals surface area contributed by atoms with Crippen LogP contribution < -0.4 is 5.32 Å². The lowest BCUT2D eigenvalue weighted by molar-refractivity contribution is -0.116. The summed E-state index contributed by atoms with van der Waals surface area (Å²) in [5.74, 6) is 0.255. The first-order chi connectivity index (χ1) is 11.6. The molecule has 1 N–H and O–H groups in total. The van der Waals surface area contributed by atoms with Gasteiger partial charge in [0.1, 0.15) is 0 Å². The monoisotopic (exact) mass is 321 g/mol. The van der Waals surface area contributed by atoms with E-state index >= 15 is 0 Å². The van der Waals surface area contributed by atoms with Crippen molar-refractivity contribution in [2.24, 2.45) is 0 Å². The normalized spacial score (nSPS) is 10.6. The van der Waals surface area contributed by atoms with E-state index in [-0.39, 0.29) is 11.9 Å². The molecule has 1 amide bonds. The smallest absolute Gasteiger partial charge is 0.322 e. The molecule has 0 atom stereocenters. The van der Waals surface area contributed by atoms with Crippen molar-refractivity contribution in [1.29, 1.82) is 0 Å². The predicted octanol–water partition coefficient (Wildman–Crippen LogP) is 3.92. The maximum Gasteiger partial charge on any atom is 0.322 e. The summed E-state index contributed by atoms with van der Waals surface area (Å²) in [5.41, 5.74) is 4.32. The highest BCUT2D eigenvalue weighted by Crippen LogP contribution is 2.22. The molecule has 3 aromatic rings. The number of carbonyl (C=O) groups is 1. The minimum Gasteiger partial charge on any atom is -0.403 e. The summed E-state index contributed by atoms with van der Waals surface area (Å²) in [5, 5.41) is 10.5. The largest absolute Gasteiger partial charge is 0.403 e. The number of hydrogen-bond acceptors (Lipinski definition) is 4. The SMILES string of the molecule is Cc1ccc(-c2nnc(NC(=O)CCc3ccccc3)o2)cc1C. The van der Waals surface area contributed by atoms with Gasteiger partial charge < -0.3 is 4.42 Å². The molecule has 1 aromatic heterocycles. The van der Waals surface area contributed by atoms with E-state index in [1.54, 1.807) is 0 Å². The average Bonchev–Trinajstić information content (AvgIpc) is 3.05. The molecule has 0 bridgehead atoms. The number of nitrogens with one attached hydrogen (secondary N) is 1. The van der Waals surface area contributed by atoms with Crippen molar-refractivity contribution < 1.29 is 9.21 Å². The van der Waals surface area contributed by atoms with Gasteiger partial charge in [0.2, 0.25) is 11.8 Å². The number of benzene rings is 2. The Labute approximate surface area is 140 Å². The lowest BCUT2D eigenvalue weighted by Crippen LogP contribution is -2.12. The maximum absolute atomic E-state index is 12.0. The highest BCUT2D eigenvalue weighted by atomic mass is 16.4. The molecule has 5 nitrogen and oxygen atoms in total. The van der Waals surface area contributed by atoms with E-state index in [0.717, 1.165) is 16.7 Å². The molecule has 0 aliphatic heterocycles. The van der Waals surface area contributed by atoms with Gasteiger partial charge in [0, 0.05) is 12.0 Å². The second-order valence-corrected chi connectivity index (χ2v) is 5.75. The van der Waals surface area contributed by atoms with Gasteiger partial charge >= 0.3 is 6.01 Å². The standard InChI is InChI=1S/C19H19N3O2/c1-13-8-10-16(12-14(13)2)18-21-22-19(24-18)20-17(23)11-9-15-6-4-3-5-7-15/h3-8,10,12H,9,11H2,1-2H3,(H,20,22,23). The molecule has 24 heavy (non-hydrogen) atoms. The first-order valence-electron chi connectivity index (χ1n) is 7.87. The Morgan fingerprint density at radius 3 is 2.58 bits per heavy atom. The molecular formula is C19H19N3O2. The molecule has 0 saturated heterocycles. The van der Waals surface area contributed by atoms with Crippen molar-refractivity contribution in [1.82, 2.24) is 10.2 Å². The van der Waals surface area contributed by atoms with Crippen molar-refractivity contribution in [2.45, 2.75) is 26.7 Å². The first-order valence-corrected chi connectivity index (χ1v) is 7.87. The van der Waals surface area contributed by atoms with Gasteiger partial charge in [0.05, 0.1) is 0 Å². The third-order valence-electron chi connectivity index (χ3n) is 3.91. The van der Waals surface area contributed by atoms with E-state index in [1.807, 2.05) is 62.4 Å². The molecule has 0 spiro atoms. The number of carbonyl (C=O) groups excluding carboxylic acids is 1. The molecule has 1 heterocycles. The Hall–Kier alpha value is -2.95. The zero-order valence-corrected chi connectivity index (χ0v) is 13.7. The zero-order valence-electron chi connectivity index (χ0n) is 13.7. The van der Waals surface area contributed by atoms with E-state index in [9.17, 15) is 4.79 Å². The van der Waals surface area contributed by atoms with Crippen LogP contribution in [-0.2, 0) is 11.2 Å². The third-order valence-corrected chi connectivity index (χ3v) is 3.91. The molecule has 0 aliphatic rings. The van der Waals surface area contributed by atoms with E-state index in [4.69, 9.17) is 4.42 Å². The number of nitrogens with zero attached hydrogens (tertiary/aromatic N) is 2. The molecule has 0 aliphatic carbocycles. The van der Waals surface area contributed by atoms with Gasteiger partial charge in [-0.3, -0.25) is 10.1 Å². The Balaban J connectivity index is 1.61. The van der Waals surface area contributed by atoms with Crippen LogP contribution in [0, 0.1) is 13.8 Å². The first kappa shape index (κ1) is 15.9. The molecule has 3 rings (SSSR count). The van der Waals surface area contributed by atoms with Crippen LogP contribution in [0.4, 0.5) is 6.01 Å². The summed E-state index contributed by atoms with van der Waals surface area (Å²) in [6.07, 6.45) is 1.04. The van der Waals surface area contributed by atoms with E-state index in [2.05, 4.69) is 15.5 Å². The molecular weight excluding hydrogens is 302 g/mol. The fraction of sp³-hybridized carbons (Fsp3) is 0.211. The Kier molecular flexibility index (Phi) is 4.70. The predicted molar refractivity (Wildman–Crippen MR) is 92.6 cm³/mol. The topological polar surface area (TPSA) is 68.0 Å². The minimum atomic E-state index is -0.144. The number of amides is 1. The van der Waals surface area contributed by atoms with Gasteiger partial charge in [-0.05, 0) is 49.1 Å². The average molecular weight is 321 g/mol. The number of aromatic nitrogens is 2. The summed E-state index contributed by atoms with van der Waals surface area (Å²) in [6.45, 7) is 4.08. The fourth-order valence-corrected chi connectivity index (χ4v) is 2.35. The van der Waals surface area contributed by atoms with Crippen LogP contribution in [0.15, 0.2) is 52.9 Å². The summed E-state index contributed by atoms with van der Waals surface area (Å²) in [6, 6.07) is 15.9. The second-order valence-electron chi connectivity index (χ2n) is 5.75. The molecule has 0 unspecified atom stereocenters. The lowest BCUT2D eigenvalue weighted by atomic mass is 10.1. The van der Waals surface area contributed by atoms with Crippen LogP contribution in [0.3, 0.4) is 0 Å². The van der Waals surface area contributed by atoms with E-state index < -0.39 is 0 Å². The molecule has 2 aromatic carbocycles. The highest BCUT2D eigenvalue weighted by molar-refractivity contribution is 5.88. The summed E-state index contributed by atoms with van der Waals surface area (Å²) < 4.78 is 5.53. The van der Waals surface area contributed by atoms with Gasteiger partial charge in [-0.1, -0.05) is 41.5 Å². The van der Waals surface area contributed by atoms with Crippen LogP contribution in [0.2, 0.25) is 0 Å². The summed E-state index contributed by atoms with van der Waals surface area (Å²) in [4.78, 5) is 12.0. The number of hydrogen-bond donors (Lipinski definition) is 1. The van der Waals surface area contributed by atoms with Crippen molar-refractivity contribution in [3.8, 4) is 11.5 Å². The van der Waals surface area contributed by atoms with Crippen LogP contribution in [0.5, 0.6) is 0 Å². The minimum absolute atomic E-state index is 0.126. The van der Waals surface area contributed by atoms with Gasteiger partial charge in [0.15, 0.2) is 0 Å². The number of anilines is 1. The quantitative estimate of drug-likeness (QED) is 0.773. The van der Waals surface area contributed by atoms with Gasteiger partial charge in [0.25, 0.3) is 0 Å². The number of aryl methyl sites for hydroxylation is 3. The Bertz CT molecular complexity index is 841. The Morgan fingerprint density at radius 2 is 1.83 bits per heavy atom. The van der Waals surface area contributed by atoms with Gasteiger partial charge in [-0.25, -0.2) is 0 Å². The molecule has 0 radical (unpaired) electrons. The van der Waals surface area contributed by atoms with Gasteiger partial charge in [-0.15, -0.1) is 5.10 Å². The van der Waals surface area contributed by atoms with E-state index in [0.29, 0.717) is 18.7 Å². The van der Waals surface area contributed by atoms with Crippen LogP contribution in [0.1, 0.15) is 23.1 Å². The van der Waals surface area contributed by atoms with Crippen molar-refractivity contribution in [3.63, 3.8) is 0 Å². The molecule has 122 valence electrons. The molecule has 0 saturated carbocycles. The van der Waals surface area contributed by atoms with Crippen molar-refractivity contribution in [3.05, 3.63) is 65.2 Å². The second kappa shape index (κ2) is 7.08. The summed E-state index contributed by atoms with van der Waals surface area (Å²) >= 11 is 0. The van der Waals surface area contributed by atoms with Crippen LogP contribution in [0.25, 0.3) is 11.5 Å². The lowest BCUT2D eigenvalue weighted by Gasteiger charge is -2.02. The zero-order chi connectivity index (χ0) is 16.9. The van der Waals surface area contributed by atoms with E-state index in [1.165, 1.54) is 5.56 Å². The third kappa shape index (κ3) is 3.87. The highest BCUT2D eigenvalue weighted by Gasteiger charge is 2.12. The fourth-order valence-electron chi connectivity index (χ4n) is 2.35. The van der Waals surface area contributed by atoms with Crippen LogP contribution in [-0.4, -0.2) is 16.1 Å². The van der Waals surface area contributed by atoms with Crippen LogP contribution >= 0.6 is 0 Å². The van der Waals surface area contributed by atoms with Crippen molar-refractivity contribution >= 4 is 11.9 Å². The van der Waals surface area contributed by atoms with Crippen molar-refractivity contribution in [2.75, 3.05) is 5.32 Å². The Morgan fingerprint density at radius 1 is 1.04 bits per heavy atom. The molecule has 0 fully saturated rings. The van der Waals surface area contributed by atoms with Gasteiger partial charge in [-0.2, -0.15) is 0 Å². The molecule has 5 heteroatoms. The maximum atomic E-state index is 12.0. The summed E-state index contributed by atoms with van der Waals surface area (Å²) in [7, 11) is 0. The number of rotatable bonds is 5.